The predicted molar refractivity (Wildman–Crippen MR) is 129 cm³/mol. The minimum absolute atomic E-state index is 0.0477. The Labute approximate surface area is 198 Å². The highest BCUT2D eigenvalue weighted by molar-refractivity contribution is 6.42. The largest absolute Gasteiger partial charge is 0.384 e. The van der Waals surface area contributed by atoms with Crippen molar-refractivity contribution in [1.82, 2.24) is 0 Å². The Hall–Kier alpha value is -2.74. The van der Waals surface area contributed by atoms with Crippen molar-refractivity contribution in [3.8, 4) is 6.07 Å². The molecule has 164 valence electrons. The molecule has 2 aromatic rings. The van der Waals surface area contributed by atoms with Crippen molar-refractivity contribution in [2.75, 3.05) is 4.90 Å². The van der Waals surface area contributed by atoms with Crippen molar-refractivity contribution >= 4 is 34.7 Å². The van der Waals surface area contributed by atoms with E-state index >= 15 is 0 Å². The summed E-state index contributed by atoms with van der Waals surface area (Å²) in [5.41, 5.74) is 12.0. The van der Waals surface area contributed by atoms with Gasteiger partial charge in [-0.1, -0.05) is 60.8 Å². The van der Waals surface area contributed by atoms with Gasteiger partial charge in [-0.3, -0.25) is 9.69 Å². The number of halogens is 2. The zero-order valence-electron chi connectivity index (χ0n) is 18.6. The number of hydrogen-bond donors (Lipinski definition) is 1. The predicted octanol–water partition coefficient (Wildman–Crippen LogP) is 6.55. The number of nitrogens with two attached hydrogens (primary N) is 1. The standard InChI is InChI=1S/C26H25Cl2N3O/c1-14-5-7-17(15(2)9-14)23-18(13-29)25(30)31(16-6-8-19(27)20(28)10-16)21-11-26(3,4)12-22(32)24(21)23/h5-10,23H,11-12,30H2,1-4H3. The van der Waals surface area contributed by atoms with Crippen LogP contribution in [0.3, 0.4) is 0 Å². The molecule has 0 saturated carbocycles. The molecule has 2 aromatic carbocycles. The lowest BCUT2D eigenvalue weighted by Crippen LogP contribution is -2.42. The second kappa shape index (κ2) is 7.99. The molecule has 4 rings (SSSR count). The van der Waals surface area contributed by atoms with Crippen LogP contribution in [0.4, 0.5) is 5.69 Å². The number of benzene rings is 2. The van der Waals surface area contributed by atoms with E-state index in [-0.39, 0.29) is 11.2 Å². The van der Waals surface area contributed by atoms with Gasteiger partial charge in [-0.25, -0.2) is 0 Å². The summed E-state index contributed by atoms with van der Waals surface area (Å²) in [5.74, 6) is -0.120. The first-order chi connectivity index (χ1) is 15.0. The number of hydrogen-bond acceptors (Lipinski definition) is 4. The van der Waals surface area contributed by atoms with Gasteiger partial charge >= 0.3 is 0 Å². The van der Waals surface area contributed by atoms with Gasteiger partial charge in [0.05, 0.1) is 27.6 Å². The monoisotopic (exact) mass is 465 g/mol. The third kappa shape index (κ3) is 3.70. The van der Waals surface area contributed by atoms with E-state index in [2.05, 4.69) is 26.0 Å². The average Bonchev–Trinajstić information content (AvgIpc) is 2.69. The van der Waals surface area contributed by atoms with E-state index in [4.69, 9.17) is 28.9 Å². The maximum absolute atomic E-state index is 13.6. The van der Waals surface area contributed by atoms with Gasteiger partial charge in [0.2, 0.25) is 0 Å². The lowest BCUT2D eigenvalue weighted by molar-refractivity contribution is -0.118. The Morgan fingerprint density at radius 2 is 1.81 bits per heavy atom. The first kappa shape index (κ1) is 22.5. The molecule has 0 fully saturated rings. The second-order valence-electron chi connectivity index (χ2n) is 9.44. The molecule has 4 nitrogen and oxygen atoms in total. The molecule has 32 heavy (non-hydrogen) atoms. The van der Waals surface area contributed by atoms with E-state index in [0.29, 0.717) is 45.5 Å². The zero-order chi connectivity index (χ0) is 23.4. The van der Waals surface area contributed by atoms with Crippen LogP contribution in [0.2, 0.25) is 10.0 Å². The van der Waals surface area contributed by atoms with Gasteiger partial charge in [-0.05, 0) is 55.0 Å². The molecule has 0 amide bonds. The Bertz CT molecular complexity index is 1250. The number of aryl methyl sites for hydroxylation is 2. The lowest BCUT2D eigenvalue weighted by atomic mass is 9.68. The third-order valence-electron chi connectivity index (χ3n) is 6.28. The summed E-state index contributed by atoms with van der Waals surface area (Å²) < 4.78 is 0. The fourth-order valence-corrected chi connectivity index (χ4v) is 5.18. The number of allylic oxidation sites excluding steroid dienone is 3. The molecule has 1 heterocycles. The molecule has 1 unspecified atom stereocenters. The molecule has 0 bridgehead atoms. The molecule has 6 heteroatoms. The van der Waals surface area contributed by atoms with Crippen molar-refractivity contribution in [3.05, 3.63) is 85.8 Å². The highest BCUT2D eigenvalue weighted by atomic mass is 35.5. The molecule has 1 atom stereocenters. The van der Waals surface area contributed by atoms with E-state index < -0.39 is 5.92 Å². The summed E-state index contributed by atoms with van der Waals surface area (Å²) >= 11 is 12.4. The second-order valence-corrected chi connectivity index (χ2v) is 10.3. The van der Waals surface area contributed by atoms with E-state index in [1.807, 2.05) is 36.9 Å². The van der Waals surface area contributed by atoms with Crippen LogP contribution in [0.25, 0.3) is 0 Å². The van der Waals surface area contributed by atoms with Gasteiger partial charge in [0.25, 0.3) is 0 Å². The maximum Gasteiger partial charge on any atom is 0.162 e. The highest BCUT2D eigenvalue weighted by Gasteiger charge is 2.45. The van der Waals surface area contributed by atoms with Crippen molar-refractivity contribution in [2.24, 2.45) is 11.1 Å². The van der Waals surface area contributed by atoms with E-state index in [1.165, 1.54) is 0 Å². The normalized spacial score (nSPS) is 20.3. The van der Waals surface area contributed by atoms with Crippen LogP contribution in [0.15, 0.2) is 59.1 Å². The maximum atomic E-state index is 13.6. The lowest BCUT2D eigenvalue weighted by Gasteiger charge is -2.44. The minimum atomic E-state index is -0.488. The van der Waals surface area contributed by atoms with Gasteiger partial charge in [0.1, 0.15) is 5.82 Å². The number of Topliss-reactive ketones (excluding diaryl/α,β-unsaturated/α-hetero) is 1. The summed E-state index contributed by atoms with van der Waals surface area (Å²) in [4.78, 5) is 15.4. The van der Waals surface area contributed by atoms with Gasteiger partial charge in [-0.15, -0.1) is 0 Å². The topological polar surface area (TPSA) is 70.1 Å². The molecule has 2 aliphatic rings. The third-order valence-corrected chi connectivity index (χ3v) is 7.02. The molecule has 0 radical (unpaired) electrons. The van der Waals surface area contributed by atoms with Crippen LogP contribution in [-0.2, 0) is 4.79 Å². The quantitative estimate of drug-likeness (QED) is 0.545. The Balaban J connectivity index is 2.03. The van der Waals surface area contributed by atoms with Crippen molar-refractivity contribution < 1.29 is 4.79 Å². The first-order valence-corrected chi connectivity index (χ1v) is 11.3. The Morgan fingerprint density at radius 3 is 2.44 bits per heavy atom. The first-order valence-electron chi connectivity index (χ1n) is 10.5. The number of carbonyl (C=O) groups is 1. The molecular formula is C26H25Cl2N3O. The summed E-state index contributed by atoms with van der Waals surface area (Å²) in [6, 6.07) is 13.6. The van der Waals surface area contributed by atoms with Crippen LogP contribution in [0.1, 0.15) is 49.3 Å². The molecule has 0 aromatic heterocycles. The summed E-state index contributed by atoms with van der Waals surface area (Å²) in [6.07, 6.45) is 1.07. The smallest absolute Gasteiger partial charge is 0.162 e. The number of rotatable bonds is 2. The van der Waals surface area contributed by atoms with E-state index in [1.54, 1.807) is 12.1 Å². The summed E-state index contributed by atoms with van der Waals surface area (Å²) in [7, 11) is 0. The Morgan fingerprint density at radius 1 is 1.09 bits per heavy atom. The summed E-state index contributed by atoms with van der Waals surface area (Å²) in [5, 5.41) is 11.0. The van der Waals surface area contributed by atoms with Gasteiger partial charge in [0.15, 0.2) is 5.78 Å². The van der Waals surface area contributed by atoms with E-state index in [0.717, 1.165) is 22.4 Å². The Kier molecular flexibility index (Phi) is 5.61. The van der Waals surface area contributed by atoms with Crippen LogP contribution >= 0.6 is 23.2 Å². The highest BCUT2D eigenvalue weighted by Crippen LogP contribution is 2.51. The number of nitriles is 1. The number of carbonyl (C=O) groups excluding carboxylic acids is 1. The van der Waals surface area contributed by atoms with Crippen LogP contribution in [-0.4, -0.2) is 5.78 Å². The fourth-order valence-electron chi connectivity index (χ4n) is 4.89. The van der Waals surface area contributed by atoms with Crippen LogP contribution in [0, 0.1) is 30.6 Å². The molecular weight excluding hydrogens is 441 g/mol. The summed E-state index contributed by atoms with van der Waals surface area (Å²) in [6.45, 7) is 8.19. The fraction of sp³-hybridized carbons (Fsp3) is 0.308. The van der Waals surface area contributed by atoms with Gasteiger partial charge < -0.3 is 5.73 Å². The van der Waals surface area contributed by atoms with Crippen molar-refractivity contribution in [2.45, 2.75) is 46.5 Å². The zero-order valence-corrected chi connectivity index (χ0v) is 20.1. The average molecular weight is 466 g/mol. The SMILES string of the molecule is Cc1ccc(C2C(C#N)=C(N)N(c3ccc(Cl)c(Cl)c3)C3=C2C(=O)CC(C)(C)C3)c(C)c1. The number of anilines is 1. The molecule has 1 aliphatic carbocycles. The molecule has 2 N–H and O–H groups in total. The number of nitrogens with zero attached hydrogens (tertiary/aromatic N) is 2. The molecule has 0 spiro atoms. The van der Waals surface area contributed by atoms with Crippen molar-refractivity contribution in [1.29, 1.82) is 5.26 Å². The van der Waals surface area contributed by atoms with Crippen molar-refractivity contribution in [3.63, 3.8) is 0 Å². The molecule has 1 aliphatic heterocycles. The van der Waals surface area contributed by atoms with E-state index in [9.17, 15) is 10.1 Å². The van der Waals surface area contributed by atoms with Gasteiger partial charge in [0, 0.05) is 23.4 Å². The van der Waals surface area contributed by atoms with Crippen LogP contribution < -0.4 is 10.6 Å². The minimum Gasteiger partial charge on any atom is -0.384 e. The van der Waals surface area contributed by atoms with Gasteiger partial charge in [-0.2, -0.15) is 5.26 Å². The number of ketones is 1. The molecule has 0 saturated heterocycles. The van der Waals surface area contributed by atoms with Crippen LogP contribution in [0.5, 0.6) is 0 Å².